The van der Waals surface area contributed by atoms with Gasteiger partial charge in [-0.05, 0) is 46.2 Å². The molecule has 200 valence electrons. The second kappa shape index (κ2) is 9.63. The van der Waals surface area contributed by atoms with Crippen molar-refractivity contribution in [3.05, 3.63) is 141 Å². The maximum Gasteiger partial charge on any atom is 0.194 e. The molecule has 0 amide bonds. The molecule has 0 heterocycles. The molecule has 0 atom stereocenters. The number of rotatable bonds is 0. The molecular formula is C36H32O4. The number of benzene rings is 4. The van der Waals surface area contributed by atoms with Gasteiger partial charge in [-0.25, -0.2) is 0 Å². The van der Waals surface area contributed by atoms with E-state index >= 15 is 0 Å². The van der Waals surface area contributed by atoms with Crippen LogP contribution in [0, 0.1) is 0 Å². The molecule has 0 aromatic heterocycles. The summed E-state index contributed by atoms with van der Waals surface area (Å²) in [5.41, 5.74) is 6.17. The minimum Gasteiger partial charge on any atom is -0.289 e. The smallest absolute Gasteiger partial charge is 0.194 e. The largest absolute Gasteiger partial charge is 0.289 e. The van der Waals surface area contributed by atoms with Gasteiger partial charge in [0.05, 0.1) is 0 Å². The van der Waals surface area contributed by atoms with Crippen LogP contribution >= 0.6 is 0 Å². The summed E-state index contributed by atoms with van der Waals surface area (Å²) in [6, 6.07) is 25.2. The van der Waals surface area contributed by atoms with Gasteiger partial charge < -0.3 is 0 Å². The quantitative estimate of drug-likeness (QED) is 0.204. The molecule has 4 nitrogen and oxygen atoms in total. The zero-order valence-corrected chi connectivity index (χ0v) is 23.7. The zero-order chi connectivity index (χ0) is 29.0. The van der Waals surface area contributed by atoms with Gasteiger partial charge in [-0.1, -0.05) is 102 Å². The molecular weight excluding hydrogens is 496 g/mol. The molecule has 40 heavy (non-hydrogen) atoms. The fraction of sp³-hybridized carbons (Fsp3) is 0.222. The van der Waals surface area contributed by atoms with Crippen molar-refractivity contribution in [3.63, 3.8) is 0 Å². The van der Waals surface area contributed by atoms with E-state index in [2.05, 4.69) is 41.5 Å². The summed E-state index contributed by atoms with van der Waals surface area (Å²) in [6.45, 7) is 12.6. The van der Waals surface area contributed by atoms with E-state index in [1.807, 2.05) is 24.3 Å². The van der Waals surface area contributed by atoms with E-state index in [4.69, 9.17) is 0 Å². The lowest BCUT2D eigenvalue weighted by Crippen LogP contribution is -2.22. The third-order valence-electron chi connectivity index (χ3n) is 7.58. The second-order valence-electron chi connectivity index (χ2n) is 12.4. The molecule has 6 rings (SSSR count). The Morgan fingerprint density at radius 2 is 0.600 bits per heavy atom. The summed E-state index contributed by atoms with van der Waals surface area (Å²) in [7, 11) is 0. The first-order chi connectivity index (χ1) is 18.8. The Labute approximate surface area is 235 Å². The topological polar surface area (TPSA) is 68.3 Å². The van der Waals surface area contributed by atoms with Gasteiger partial charge in [-0.3, -0.25) is 19.2 Å². The molecule has 0 N–H and O–H groups in total. The standard InChI is InChI=1S/2C18H16O2/c2*1-18(2,3)11-8-9-14-15(10-11)17(20)13-7-5-4-6-12(13)16(14)19/h2*4-10H,1-3H3. The predicted molar refractivity (Wildman–Crippen MR) is 157 cm³/mol. The highest BCUT2D eigenvalue weighted by Crippen LogP contribution is 2.32. The highest BCUT2D eigenvalue weighted by atomic mass is 16.1. The second-order valence-corrected chi connectivity index (χ2v) is 12.4. The van der Waals surface area contributed by atoms with Crippen LogP contribution < -0.4 is 0 Å². The van der Waals surface area contributed by atoms with Crippen LogP contribution in [0.3, 0.4) is 0 Å². The Hall–Kier alpha value is -4.44. The molecule has 0 radical (unpaired) electrons. The van der Waals surface area contributed by atoms with E-state index in [9.17, 15) is 19.2 Å². The van der Waals surface area contributed by atoms with Crippen LogP contribution in [0.15, 0.2) is 84.9 Å². The van der Waals surface area contributed by atoms with Gasteiger partial charge in [0.25, 0.3) is 0 Å². The molecule has 0 spiro atoms. The third kappa shape index (κ3) is 4.64. The van der Waals surface area contributed by atoms with E-state index in [1.165, 1.54) is 0 Å². The fourth-order valence-corrected chi connectivity index (χ4v) is 5.13. The maximum absolute atomic E-state index is 12.6. The van der Waals surface area contributed by atoms with E-state index < -0.39 is 0 Å². The maximum atomic E-state index is 12.6. The fourth-order valence-electron chi connectivity index (χ4n) is 5.13. The molecule has 2 aliphatic carbocycles. The van der Waals surface area contributed by atoms with Crippen LogP contribution in [-0.2, 0) is 10.8 Å². The van der Waals surface area contributed by atoms with Gasteiger partial charge in [0.1, 0.15) is 0 Å². The highest BCUT2D eigenvalue weighted by molar-refractivity contribution is 6.29. The predicted octanol–water partition coefficient (Wildman–Crippen LogP) is 7.52. The number of hydrogen-bond acceptors (Lipinski definition) is 4. The van der Waals surface area contributed by atoms with Gasteiger partial charge in [0.15, 0.2) is 23.1 Å². The van der Waals surface area contributed by atoms with Crippen LogP contribution in [0.2, 0.25) is 0 Å². The van der Waals surface area contributed by atoms with Gasteiger partial charge in [0, 0.05) is 44.5 Å². The van der Waals surface area contributed by atoms with Crippen molar-refractivity contribution >= 4 is 23.1 Å². The van der Waals surface area contributed by atoms with E-state index in [0.29, 0.717) is 44.5 Å². The lowest BCUT2D eigenvalue weighted by atomic mass is 9.79. The number of carbonyl (C=O) groups is 4. The van der Waals surface area contributed by atoms with Crippen LogP contribution in [-0.4, -0.2) is 23.1 Å². The van der Waals surface area contributed by atoms with E-state index in [0.717, 1.165) is 11.1 Å². The zero-order valence-electron chi connectivity index (χ0n) is 23.7. The minimum atomic E-state index is -0.0596. The first-order valence-corrected chi connectivity index (χ1v) is 13.4. The van der Waals surface area contributed by atoms with Crippen molar-refractivity contribution in [1.82, 2.24) is 0 Å². The molecule has 0 bridgehead atoms. The van der Waals surface area contributed by atoms with Gasteiger partial charge >= 0.3 is 0 Å². The van der Waals surface area contributed by atoms with Crippen molar-refractivity contribution in [2.75, 3.05) is 0 Å². The normalized spacial score (nSPS) is 13.9. The average molecular weight is 529 g/mol. The molecule has 0 saturated carbocycles. The van der Waals surface area contributed by atoms with Crippen molar-refractivity contribution in [2.45, 2.75) is 52.4 Å². The minimum absolute atomic E-state index is 0.0463. The summed E-state index contributed by atoms with van der Waals surface area (Å²) in [5.74, 6) is -0.228. The van der Waals surface area contributed by atoms with E-state index in [-0.39, 0.29) is 34.0 Å². The summed E-state index contributed by atoms with van der Waals surface area (Å²) < 4.78 is 0. The summed E-state index contributed by atoms with van der Waals surface area (Å²) in [5, 5.41) is 0. The average Bonchev–Trinajstić information content (AvgIpc) is 2.93. The molecule has 4 heteroatoms. The van der Waals surface area contributed by atoms with Crippen molar-refractivity contribution in [3.8, 4) is 0 Å². The molecule has 0 fully saturated rings. The summed E-state index contributed by atoms with van der Waals surface area (Å²) in [6.07, 6.45) is 0. The number of hydrogen-bond donors (Lipinski definition) is 0. The Morgan fingerprint density at radius 3 is 0.875 bits per heavy atom. The molecule has 0 saturated heterocycles. The van der Waals surface area contributed by atoms with E-state index in [1.54, 1.807) is 60.7 Å². The summed E-state index contributed by atoms with van der Waals surface area (Å²) >= 11 is 0. The number of carbonyl (C=O) groups excluding carboxylic acids is 4. The Kier molecular flexibility index (Phi) is 6.54. The monoisotopic (exact) mass is 528 g/mol. The molecule has 2 aliphatic rings. The van der Waals surface area contributed by atoms with Crippen LogP contribution in [0.1, 0.15) is 116 Å². The van der Waals surface area contributed by atoms with Crippen molar-refractivity contribution in [1.29, 1.82) is 0 Å². The third-order valence-corrected chi connectivity index (χ3v) is 7.58. The lowest BCUT2D eigenvalue weighted by Gasteiger charge is -2.23. The van der Waals surface area contributed by atoms with Crippen LogP contribution in [0.5, 0.6) is 0 Å². The van der Waals surface area contributed by atoms with Crippen molar-refractivity contribution < 1.29 is 19.2 Å². The Balaban J connectivity index is 0.000000161. The first-order valence-electron chi connectivity index (χ1n) is 13.4. The SMILES string of the molecule is CC(C)(C)c1ccc2c(c1)C(=O)c1ccccc1C2=O.CC(C)(C)c1ccc2c(c1)C(=O)c1ccccc1C2=O. The van der Waals surface area contributed by atoms with Gasteiger partial charge in [-0.2, -0.15) is 0 Å². The highest BCUT2D eigenvalue weighted by Gasteiger charge is 2.31. The number of fused-ring (bicyclic) bond motifs is 4. The molecule has 0 unspecified atom stereocenters. The molecule has 4 aromatic rings. The number of ketones is 4. The Bertz CT molecular complexity index is 1600. The van der Waals surface area contributed by atoms with Crippen molar-refractivity contribution in [2.24, 2.45) is 0 Å². The Morgan fingerprint density at radius 1 is 0.350 bits per heavy atom. The lowest BCUT2D eigenvalue weighted by molar-refractivity contribution is 0.0979. The first kappa shape index (κ1) is 27.1. The van der Waals surface area contributed by atoms with Crippen LogP contribution in [0.25, 0.3) is 0 Å². The van der Waals surface area contributed by atoms with Gasteiger partial charge in [0.2, 0.25) is 0 Å². The van der Waals surface area contributed by atoms with Crippen LogP contribution in [0.4, 0.5) is 0 Å². The summed E-state index contributed by atoms with van der Waals surface area (Å²) in [4.78, 5) is 50.1. The molecule has 4 aromatic carbocycles. The molecule has 0 aliphatic heterocycles. The van der Waals surface area contributed by atoms with Gasteiger partial charge in [-0.15, -0.1) is 0 Å².